The van der Waals surface area contributed by atoms with Crippen LogP contribution in [0.5, 0.6) is 0 Å². The molecule has 1 aromatic rings. The average Bonchev–Trinajstić information content (AvgIpc) is 2.27. The van der Waals surface area contributed by atoms with Gasteiger partial charge in [0, 0.05) is 10.2 Å². The van der Waals surface area contributed by atoms with Crippen LogP contribution in [0.25, 0.3) is 0 Å². The molecular weight excluding hydrogens is 256 g/mol. The largest absolute Gasteiger partial charge is 0.398 e. The second-order valence-electron chi connectivity index (χ2n) is 2.10. The first-order valence-corrected chi connectivity index (χ1v) is 5.75. The lowest BCUT2D eigenvalue weighted by atomic mass is 10.2. The molecule has 15 heavy (non-hydrogen) atoms. The number of nitrogens with two attached hydrogens (primary N) is 2. The SMILES string of the molecule is CC.CC.NC(=O)c1cc(Br)ccc1N. The third kappa shape index (κ3) is 6.12. The molecule has 1 aromatic carbocycles. The van der Waals surface area contributed by atoms with Gasteiger partial charge in [0.05, 0.1) is 5.56 Å². The van der Waals surface area contributed by atoms with Gasteiger partial charge in [-0.25, -0.2) is 0 Å². The highest BCUT2D eigenvalue weighted by Gasteiger charge is 2.04. The minimum absolute atomic E-state index is 0.347. The number of halogens is 1. The molecule has 0 radical (unpaired) electrons. The van der Waals surface area contributed by atoms with Crippen LogP contribution in [0.15, 0.2) is 22.7 Å². The first-order chi connectivity index (χ1) is 7.11. The minimum atomic E-state index is -0.510. The second kappa shape index (κ2) is 9.52. The zero-order valence-corrected chi connectivity index (χ0v) is 11.3. The number of carbonyl (C=O) groups excluding carboxylic acids is 1. The third-order valence-electron chi connectivity index (χ3n) is 1.28. The molecule has 0 atom stereocenters. The molecule has 0 bridgehead atoms. The van der Waals surface area contributed by atoms with Gasteiger partial charge in [-0.15, -0.1) is 0 Å². The topological polar surface area (TPSA) is 69.1 Å². The number of anilines is 1. The molecule has 1 rings (SSSR count). The normalized spacial score (nSPS) is 7.80. The van der Waals surface area contributed by atoms with Crippen LogP contribution >= 0.6 is 15.9 Å². The lowest BCUT2D eigenvalue weighted by Crippen LogP contribution is -2.13. The van der Waals surface area contributed by atoms with E-state index in [1.165, 1.54) is 0 Å². The quantitative estimate of drug-likeness (QED) is 0.773. The smallest absolute Gasteiger partial charge is 0.250 e. The van der Waals surface area contributed by atoms with Crippen LogP contribution in [0.4, 0.5) is 5.69 Å². The van der Waals surface area contributed by atoms with Crippen molar-refractivity contribution in [3.63, 3.8) is 0 Å². The van der Waals surface area contributed by atoms with Crippen LogP contribution < -0.4 is 11.5 Å². The number of primary amides is 1. The van der Waals surface area contributed by atoms with Crippen LogP contribution in [0, 0.1) is 0 Å². The fraction of sp³-hybridized carbons (Fsp3) is 0.364. The summed E-state index contributed by atoms with van der Waals surface area (Å²) >= 11 is 3.20. The lowest BCUT2D eigenvalue weighted by molar-refractivity contribution is 0.100. The van der Waals surface area contributed by atoms with E-state index in [9.17, 15) is 4.79 Å². The van der Waals surface area contributed by atoms with E-state index >= 15 is 0 Å². The van der Waals surface area contributed by atoms with Crippen LogP contribution in [-0.2, 0) is 0 Å². The van der Waals surface area contributed by atoms with E-state index in [2.05, 4.69) is 15.9 Å². The predicted octanol–water partition coefficient (Wildman–Crippen LogP) is 3.18. The van der Waals surface area contributed by atoms with Gasteiger partial charge in [-0.05, 0) is 18.2 Å². The summed E-state index contributed by atoms with van der Waals surface area (Å²) in [5.74, 6) is -0.510. The number of benzene rings is 1. The molecule has 86 valence electrons. The Hall–Kier alpha value is -1.03. The molecule has 0 aromatic heterocycles. The highest BCUT2D eigenvalue weighted by molar-refractivity contribution is 9.10. The molecule has 0 aliphatic heterocycles. The number of nitrogen functional groups attached to an aromatic ring is 1. The second-order valence-corrected chi connectivity index (χ2v) is 3.01. The van der Waals surface area contributed by atoms with Crippen molar-refractivity contribution >= 4 is 27.5 Å². The molecule has 0 fully saturated rings. The van der Waals surface area contributed by atoms with E-state index in [0.29, 0.717) is 11.3 Å². The van der Waals surface area contributed by atoms with Gasteiger partial charge in [-0.3, -0.25) is 4.79 Å². The minimum Gasteiger partial charge on any atom is -0.398 e. The molecule has 0 spiro atoms. The van der Waals surface area contributed by atoms with E-state index < -0.39 is 5.91 Å². The Kier molecular flexibility index (Phi) is 10.4. The van der Waals surface area contributed by atoms with Crippen molar-refractivity contribution in [1.29, 1.82) is 0 Å². The van der Waals surface area contributed by atoms with Gasteiger partial charge in [-0.2, -0.15) is 0 Å². The molecule has 0 aliphatic carbocycles. The molecule has 3 nitrogen and oxygen atoms in total. The number of amides is 1. The molecule has 0 saturated heterocycles. The number of hydrogen-bond donors (Lipinski definition) is 2. The van der Waals surface area contributed by atoms with Crippen LogP contribution in [0.3, 0.4) is 0 Å². The Morgan fingerprint density at radius 2 is 1.67 bits per heavy atom. The van der Waals surface area contributed by atoms with Crippen molar-refractivity contribution in [2.45, 2.75) is 27.7 Å². The van der Waals surface area contributed by atoms with E-state index in [1.54, 1.807) is 18.2 Å². The lowest BCUT2D eigenvalue weighted by Gasteiger charge is -2.00. The summed E-state index contributed by atoms with van der Waals surface area (Å²) in [5.41, 5.74) is 11.3. The maximum Gasteiger partial charge on any atom is 0.250 e. The summed E-state index contributed by atoms with van der Waals surface area (Å²) in [7, 11) is 0. The third-order valence-corrected chi connectivity index (χ3v) is 1.77. The van der Waals surface area contributed by atoms with Crippen molar-refractivity contribution in [2.75, 3.05) is 5.73 Å². The Bertz CT molecular complexity index is 301. The van der Waals surface area contributed by atoms with Crippen molar-refractivity contribution in [3.05, 3.63) is 28.2 Å². The number of carbonyl (C=O) groups is 1. The fourth-order valence-electron chi connectivity index (χ4n) is 0.742. The van der Waals surface area contributed by atoms with E-state index in [1.807, 2.05) is 27.7 Å². The van der Waals surface area contributed by atoms with Crippen molar-refractivity contribution in [1.82, 2.24) is 0 Å². The van der Waals surface area contributed by atoms with Gasteiger partial charge in [0.2, 0.25) is 0 Å². The van der Waals surface area contributed by atoms with Crippen molar-refractivity contribution in [2.24, 2.45) is 5.73 Å². The summed E-state index contributed by atoms with van der Waals surface area (Å²) in [6, 6.07) is 4.98. The highest BCUT2D eigenvalue weighted by atomic mass is 79.9. The van der Waals surface area contributed by atoms with Gasteiger partial charge in [-0.1, -0.05) is 43.6 Å². The Balaban J connectivity index is 0. The molecule has 0 unspecified atom stereocenters. The number of rotatable bonds is 1. The van der Waals surface area contributed by atoms with Crippen molar-refractivity contribution < 1.29 is 4.79 Å². The van der Waals surface area contributed by atoms with Gasteiger partial charge in [0.15, 0.2) is 0 Å². The maximum atomic E-state index is 10.7. The van der Waals surface area contributed by atoms with E-state index in [0.717, 1.165) is 4.47 Å². The van der Waals surface area contributed by atoms with Crippen LogP contribution in [-0.4, -0.2) is 5.91 Å². The zero-order valence-electron chi connectivity index (χ0n) is 9.67. The molecule has 4 N–H and O–H groups in total. The maximum absolute atomic E-state index is 10.7. The van der Waals surface area contributed by atoms with Crippen LogP contribution in [0.1, 0.15) is 38.1 Å². The Labute approximate surface area is 100.0 Å². The summed E-state index contributed by atoms with van der Waals surface area (Å²) < 4.78 is 0.792. The molecule has 0 heterocycles. The first kappa shape index (κ1) is 16.4. The Morgan fingerprint density at radius 3 is 2.00 bits per heavy atom. The molecule has 0 aliphatic rings. The first-order valence-electron chi connectivity index (χ1n) is 4.96. The van der Waals surface area contributed by atoms with Gasteiger partial charge >= 0.3 is 0 Å². The molecular formula is C11H19BrN2O. The summed E-state index contributed by atoms with van der Waals surface area (Å²) in [6.07, 6.45) is 0. The fourth-order valence-corrected chi connectivity index (χ4v) is 1.10. The van der Waals surface area contributed by atoms with E-state index in [4.69, 9.17) is 11.5 Å². The predicted molar refractivity (Wildman–Crippen MR) is 69.8 cm³/mol. The average molecular weight is 275 g/mol. The Morgan fingerprint density at radius 1 is 1.20 bits per heavy atom. The van der Waals surface area contributed by atoms with Crippen LogP contribution in [0.2, 0.25) is 0 Å². The molecule has 4 heteroatoms. The van der Waals surface area contributed by atoms with Gasteiger partial charge in [0.1, 0.15) is 0 Å². The number of hydrogen-bond acceptors (Lipinski definition) is 2. The van der Waals surface area contributed by atoms with Gasteiger partial charge in [0.25, 0.3) is 5.91 Å². The molecule has 0 saturated carbocycles. The molecule has 1 amide bonds. The summed E-state index contributed by atoms with van der Waals surface area (Å²) in [4.78, 5) is 10.7. The summed E-state index contributed by atoms with van der Waals surface area (Å²) in [5, 5.41) is 0. The summed E-state index contributed by atoms with van der Waals surface area (Å²) in [6.45, 7) is 8.00. The highest BCUT2D eigenvalue weighted by Crippen LogP contribution is 2.17. The zero-order chi connectivity index (χ0) is 12.4. The standard InChI is InChI=1S/C7H7BrN2O.2C2H6/c8-4-1-2-6(9)5(3-4)7(10)11;2*1-2/h1-3H,9H2,(H2,10,11);2*1-2H3. The van der Waals surface area contributed by atoms with Crippen molar-refractivity contribution in [3.8, 4) is 0 Å². The monoisotopic (exact) mass is 274 g/mol. The van der Waals surface area contributed by atoms with E-state index in [-0.39, 0.29) is 0 Å². The van der Waals surface area contributed by atoms with Gasteiger partial charge < -0.3 is 11.5 Å².